The van der Waals surface area contributed by atoms with Crippen LogP contribution in [0.5, 0.6) is 28.7 Å². The van der Waals surface area contributed by atoms with Gasteiger partial charge in [0.2, 0.25) is 0 Å². The molecule has 9 aliphatic heterocycles. The molecule has 5 aliphatic carbocycles. The van der Waals surface area contributed by atoms with Gasteiger partial charge in [-0.2, -0.15) is 0 Å². The van der Waals surface area contributed by atoms with Gasteiger partial charge in [-0.25, -0.2) is 4.39 Å². The van der Waals surface area contributed by atoms with E-state index in [0.29, 0.717) is 63.3 Å². The van der Waals surface area contributed by atoms with Gasteiger partial charge in [0.25, 0.3) is 22.2 Å². The van der Waals surface area contributed by atoms with E-state index >= 15 is 0 Å². The number of piperidine rings is 3. The molecule has 3 saturated heterocycles. The number of nitrogens with zero attached hydrogens (tertiary/aromatic N) is 11. The Bertz CT molecular complexity index is 6480. The number of allylic oxidation sites excluding steroid dienone is 2. The Kier molecular flexibility index (Phi) is 27.9. The van der Waals surface area contributed by atoms with Crippen LogP contribution in [0.15, 0.2) is 153 Å². The van der Waals surface area contributed by atoms with Crippen LogP contribution in [0.2, 0.25) is 0 Å². The minimum atomic E-state index is -0.453. The average molecular weight is 1860 g/mol. The SMILES string of the molecule is COc1ccc2c(c1[C@H](N)CN1CCC(NCc3cc4c(cn3)OCCC4)CC1)CC(=O)C=C2.N[C@H](CN1CCC(NCc2cc3c(cn2)OCCC3)CC1)c1c(F)ccc2c1CC(=O)C=C2.N[C@H]1CC2(C[C@@H]3Cn4c(=O)ccc5ccc(=O)n3c54)CCC1(NCc1cc3c(cn1)OCCC3)CC2.N[C@H]1CN(C[C@@H]2Cn3c(=O)ccc4ccc(=O)n2c43)CCC1NCc1cc2c(cn1)OCCC2. The minimum absolute atomic E-state index is 0.00368. The van der Waals surface area contributed by atoms with Crippen molar-refractivity contribution in [1.82, 2.24) is 74.2 Å². The van der Waals surface area contributed by atoms with Gasteiger partial charge in [0.05, 0.1) is 93.2 Å². The number of aryl methyl sites for hydroxylation is 4. The highest BCUT2D eigenvalue weighted by molar-refractivity contribution is 5.99. The topological polar surface area (TPSA) is 382 Å². The molecule has 2 aromatic carbocycles. The van der Waals surface area contributed by atoms with Crippen molar-refractivity contribution in [3.05, 3.63) is 260 Å². The number of fused-ring (bicyclic) bond motifs is 9. The van der Waals surface area contributed by atoms with Crippen LogP contribution in [0, 0.1) is 11.2 Å². The summed E-state index contributed by atoms with van der Waals surface area (Å²) in [6.07, 6.45) is 34.5. The lowest BCUT2D eigenvalue weighted by atomic mass is 9.53. The van der Waals surface area contributed by atoms with Crippen molar-refractivity contribution in [2.24, 2.45) is 28.3 Å². The lowest BCUT2D eigenvalue weighted by Gasteiger charge is -2.58. The van der Waals surface area contributed by atoms with Crippen molar-refractivity contribution >= 4 is 45.8 Å². The van der Waals surface area contributed by atoms with E-state index in [0.717, 1.165) is 309 Å². The molecule has 0 spiro atoms. The highest BCUT2D eigenvalue weighted by Gasteiger charge is 2.54. The van der Waals surface area contributed by atoms with Gasteiger partial charge in [-0.05, 0) is 277 Å². The lowest BCUT2D eigenvalue weighted by molar-refractivity contribution is -0.114. The third-order valence-corrected chi connectivity index (χ3v) is 31.1. The van der Waals surface area contributed by atoms with Crippen molar-refractivity contribution in [1.29, 1.82) is 0 Å². The highest BCUT2D eigenvalue weighted by Crippen LogP contribution is 2.56. The number of carbonyl (C=O) groups excluding carboxylic acids is 2. The fourth-order valence-corrected chi connectivity index (χ4v) is 23.7. The Balaban J connectivity index is 0.000000113. The zero-order valence-corrected chi connectivity index (χ0v) is 78.4. The number of ketones is 2. The summed E-state index contributed by atoms with van der Waals surface area (Å²) in [6.45, 7) is 14.6. The molecule has 17 heterocycles. The first-order chi connectivity index (χ1) is 66.7. The third kappa shape index (κ3) is 20.5. The second-order valence-electron chi connectivity index (χ2n) is 40.0. The Hall–Kier alpha value is -11.3. The summed E-state index contributed by atoms with van der Waals surface area (Å²) in [7, 11) is 1.67. The molecule has 1 unspecified atom stereocenters. The monoisotopic (exact) mass is 1860 g/mol. The number of nitrogens with two attached hydrogens (primary N) is 4. The summed E-state index contributed by atoms with van der Waals surface area (Å²) in [5.74, 6) is 4.26. The smallest absolute Gasteiger partial charge is 0.252 e. The molecule has 24 rings (SSSR count). The van der Waals surface area contributed by atoms with E-state index in [1.54, 1.807) is 81.5 Å². The van der Waals surface area contributed by atoms with Gasteiger partial charge >= 0.3 is 0 Å². The molecule has 30 nitrogen and oxygen atoms in total. The normalized spacial score (nSPS) is 23.5. The van der Waals surface area contributed by atoms with Crippen LogP contribution in [-0.4, -0.2) is 193 Å². The minimum Gasteiger partial charge on any atom is -0.496 e. The average Bonchev–Trinajstić information content (AvgIpc) is 1.61. The summed E-state index contributed by atoms with van der Waals surface area (Å²) in [6, 6.07) is 29.9. The number of methoxy groups -OCH3 is 1. The number of likely N-dealkylation sites (tertiary alicyclic amines) is 3. The predicted octanol–water partition coefficient (Wildman–Crippen LogP) is 9.02. The zero-order chi connectivity index (χ0) is 94.0. The van der Waals surface area contributed by atoms with Crippen molar-refractivity contribution in [3.63, 3.8) is 0 Å². The molecular formula is C106H128FN19O11. The molecule has 0 amide bonds. The van der Waals surface area contributed by atoms with Crippen molar-refractivity contribution in [2.45, 2.75) is 234 Å². The number of aromatic nitrogens is 8. The number of nitrogens with one attached hydrogen (secondary N) is 4. The van der Waals surface area contributed by atoms with Crippen LogP contribution in [0.1, 0.15) is 199 Å². The molecule has 0 radical (unpaired) electrons. The highest BCUT2D eigenvalue weighted by atomic mass is 19.1. The maximum absolute atomic E-state index is 14.7. The van der Waals surface area contributed by atoms with Crippen LogP contribution in [-0.2, 0) is 87.4 Å². The number of benzene rings is 2. The van der Waals surface area contributed by atoms with Gasteiger partial charge < -0.3 is 77.7 Å². The third-order valence-electron chi connectivity index (χ3n) is 31.1. The maximum Gasteiger partial charge on any atom is 0.252 e. The van der Waals surface area contributed by atoms with Gasteiger partial charge in [0.15, 0.2) is 11.6 Å². The standard InChI is InChI=1S/C28H33N5O3.C27H34N4O3.C26H31FN4O2.C25H30N6O3/c29-23-14-27(13-21-17-32-24(34)5-3-18-4-6-25(35)33(21)26(18)32)7-9-28(23,10-8-27)31-15-20-12-19-2-1-11-36-22(19)16-30-20;1-33-25-7-5-18-4-6-22(32)14-23(18)27(25)24(28)17-31-10-8-20(9-11-31)29-15-21-13-19-3-2-12-34-26(19)16-30-21;27-23-6-4-17-3-5-21(32)13-22(17)26(23)24(28)16-31-9-7-19(8-10-31)29-14-20-12-18-2-1-11-33-25(18)15-30-20;26-20-15-29(8-7-21(20)28-11-18-10-17-2-1-9-34-22(17)12-27-18)13-19-14-30-23(32)5-3-16-4-6-24(33)31(19)25(16)30/h3-6,12,16,21,23,31H,1-2,7-11,13-15,17,29H2;4-7,13,16,20,24,29H,2-3,8-12,14-15,17,28H2,1H3;3-6,12,15,19,24,29H,1-2,7-11,13-14,16,28H2;3-6,10,12,19-21,28H,1-2,7-9,11,13-15,26H2/t21-,23+,27?,28?;2*24-;19-,20+,21?/m1111/s1. The first-order valence-corrected chi connectivity index (χ1v) is 49.7. The van der Waals surface area contributed by atoms with Crippen molar-refractivity contribution in [3.8, 4) is 28.7 Å². The maximum atomic E-state index is 14.7. The summed E-state index contributed by atoms with van der Waals surface area (Å²) >= 11 is 0. The second-order valence-corrected chi connectivity index (χ2v) is 40.0. The first-order valence-electron chi connectivity index (χ1n) is 49.7. The summed E-state index contributed by atoms with van der Waals surface area (Å²) < 4.78 is 50.2. The van der Waals surface area contributed by atoms with Crippen molar-refractivity contribution in [2.75, 3.05) is 92.4 Å². The summed E-state index contributed by atoms with van der Waals surface area (Å²) in [5.41, 5.74) is 42.4. The molecule has 14 aliphatic rings. The van der Waals surface area contributed by atoms with Crippen LogP contribution in [0.3, 0.4) is 0 Å². The zero-order valence-electron chi connectivity index (χ0n) is 78.4. The molecule has 12 N–H and O–H groups in total. The lowest BCUT2D eigenvalue weighted by Crippen LogP contribution is -2.66. The Morgan fingerprint density at radius 3 is 1.39 bits per heavy atom. The molecule has 10 aromatic rings. The predicted molar refractivity (Wildman–Crippen MR) is 524 cm³/mol. The summed E-state index contributed by atoms with van der Waals surface area (Å²) in [5, 5.41) is 16.6. The van der Waals surface area contributed by atoms with Crippen LogP contribution < -0.4 is 90.1 Å². The van der Waals surface area contributed by atoms with Gasteiger partial charge in [0.1, 0.15) is 45.9 Å². The fourth-order valence-electron chi connectivity index (χ4n) is 23.7. The van der Waals surface area contributed by atoms with E-state index < -0.39 is 6.04 Å². The Labute approximate surface area is 796 Å². The molecular weight excluding hydrogens is 1730 g/mol. The van der Waals surface area contributed by atoms with E-state index in [1.807, 2.05) is 59.7 Å². The second kappa shape index (κ2) is 41.0. The Morgan fingerprint density at radius 1 is 0.482 bits per heavy atom. The van der Waals surface area contributed by atoms with Gasteiger partial charge in [-0.1, -0.05) is 24.3 Å². The van der Waals surface area contributed by atoms with E-state index in [-0.39, 0.29) is 93.2 Å². The number of pyridine rings is 8. The molecule has 3 saturated carbocycles. The summed E-state index contributed by atoms with van der Waals surface area (Å²) in [4.78, 5) is 99.8. The molecule has 8 aromatic heterocycles. The van der Waals surface area contributed by atoms with Crippen molar-refractivity contribution < 1.29 is 37.7 Å². The molecule has 6 fully saturated rings. The van der Waals surface area contributed by atoms with E-state index in [1.165, 1.54) is 28.3 Å². The Morgan fingerprint density at radius 2 is 0.912 bits per heavy atom. The number of halogens is 1. The van der Waals surface area contributed by atoms with Crippen LogP contribution in [0.25, 0.3) is 34.2 Å². The van der Waals surface area contributed by atoms with Crippen LogP contribution in [0.4, 0.5) is 4.39 Å². The molecule has 2 bridgehead atoms. The van der Waals surface area contributed by atoms with Gasteiger partial charge in [0, 0.05) is 172 Å². The fraction of sp³-hybridized carbons (Fsp3) is 0.491. The van der Waals surface area contributed by atoms with E-state index in [2.05, 4.69) is 80.2 Å². The van der Waals surface area contributed by atoms with Gasteiger partial charge in [-0.15, -0.1) is 0 Å². The molecule has 7 atom stereocenters. The van der Waals surface area contributed by atoms with Gasteiger partial charge in [-0.3, -0.25) is 71.9 Å². The molecule has 720 valence electrons. The molecule has 31 heteroatoms. The first kappa shape index (κ1) is 93.3. The van der Waals surface area contributed by atoms with E-state index in [9.17, 15) is 33.2 Å². The van der Waals surface area contributed by atoms with Crippen LogP contribution >= 0.6 is 0 Å². The molecule has 137 heavy (non-hydrogen) atoms. The number of hydrogen-bond acceptors (Lipinski definition) is 26. The number of carbonyl (C=O) groups is 2. The van der Waals surface area contributed by atoms with E-state index in [4.69, 9.17) is 46.6 Å². The largest absolute Gasteiger partial charge is 0.496 e. The number of hydrogen-bond donors (Lipinski definition) is 8. The number of ether oxygens (including phenoxy) is 5. The number of rotatable bonds is 23. The quantitative estimate of drug-likeness (QED) is 0.0296.